The largest absolute Gasteiger partial charge is 0.307 e. The molecule has 0 unspecified atom stereocenters. The molecule has 0 aliphatic carbocycles. The highest BCUT2D eigenvalue weighted by Crippen LogP contribution is 2.25. The number of hydrogen-bond donors (Lipinski definition) is 2. The monoisotopic (exact) mass is 385 g/mol. The molecule has 12 heteroatoms. The highest BCUT2D eigenvalue weighted by Gasteiger charge is 2.21. The van der Waals surface area contributed by atoms with Crippen LogP contribution >= 0.6 is 22.7 Å². The molecular formula is C12H11N5O4S3. The first-order chi connectivity index (χ1) is 11.3. The molecule has 24 heavy (non-hydrogen) atoms. The number of nitrogens with zero attached hydrogens (tertiary/aromatic N) is 3. The Morgan fingerprint density at radius 3 is 2.71 bits per heavy atom. The summed E-state index contributed by atoms with van der Waals surface area (Å²) in [6, 6.07) is 4.80. The van der Waals surface area contributed by atoms with Gasteiger partial charge in [-0.05, 0) is 18.2 Å². The van der Waals surface area contributed by atoms with Crippen LogP contribution in [-0.2, 0) is 21.9 Å². The molecule has 0 bridgehead atoms. The molecule has 2 heterocycles. The Kier molecular flexibility index (Phi) is 4.11. The van der Waals surface area contributed by atoms with Crippen LogP contribution in [0.5, 0.6) is 0 Å². The van der Waals surface area contributed by atoms with E-state index in [9.17, 15) is 18.0 Å². The van der Waals surface area contributed by atoms with Crippen molar-refractivity contribution in [2.24, 2.45) is 7.05 Å². The van der Waals surface area contributed by atoms with Crippen LogP contribution in [0.15, 0.2) is 27.3 Å². The molecule has 0 spiro atoms. The number of sulfonamides is 1. The number of amides is 1. The predicted molar refractivity (Wildman–Crippen MR) is 92.1 cm³/mol. The molecule has 0 aliphatic rings. The zero-order chi connectivity index (χ0) is 17.5. The van der Waals surface area contributed by atoms with Crippen LogP contribution in [0.25, 0.3) is 10.2 Å². The number of rotatable bonds is 4. The van der Waals surface area contributed by atoms with Crippen LogP contribution in [0.3, 0.4) is 0 Å². The minimum Gasteiger partial charge on any atom is -0.302 e. The summed E-state index contributed by atoms with van der Waals surface area (Å²) >= 11 is 1.77. The number of fused-ring (bicyclic) bond motifs is 1. The van der Waals surface area contributed by atoms with Gasteiger partial charge in [-0.3, -0.25) is 14.3 Å². The van der Waals surface area contributed by atoms with E-state index in [1.807, 2.05) is 0 Å². The molecule has 3 rings (SSSR count). The summed E-state index contributed by atoms with van der Waals surface area (Å²) in [5.41, 5.74) is 1.03. The Hall–Kier alpha value is -2.31. The lowest BCUT2D eigenvalue weighted by Gasteiger charge is -2.05. The Morgan fingerprint density at radius 2 is 2.00 bits per heavy atom. The van der Waals surface area contributed by atoms with Gasteiger partial charge in [0, 0.05) is 14.0 Å². The Bertz CT molecular complexity index is 1100. The van der Waals surface area contributed by atoms with E-state index < -0.39 is 10.0 Å². The second-order valence-electron chi connectivity index (χ2n) is 4.77. The normalized spacial score (nSPS) is 11.6. The van der Waals surface area contributed by atoms with Crippen molar-refractivity contribution in [3.8, 4) is 0 Å². The summed E-state index contributed by atoms with van der Waals surface area (Å²) in [5, 5.41) is 9.64. The van der Waals surface area contributed by atoms with E-state index in [2.05, 4.69) is 20.2 Å². The van der Waals surface area contributed by atoms with Crippen molar-refractivity contribution in [3.63, 3.8) is 0 Å². The summed E-state index contributed by atoms with van der Waals surface area (Å²) in [6.45, 7) is 1.29. The van der Waals surface area contributed by atoms with Crippen LogP contribution in [0.4, 0.5) is 10.8 Å². The van der Waals surface area contributed by atoms with Crippen LogP contribution < -0.4 is 14.9 Å². The molecule has 0 aliphatic heterocycles. The zero-order valence-electron chi connectivity index (χ0n) is 12.4. The Labute approximate surface area is 144 Å². The summed E-state index contributed by atoms with van der Waals surface area (Å²) < 4.78 is 28.9. The molecule has 1 aromatic carbocycles. The van der Waals surface area contributed by atoms with Crippen molar-refractivity contribution in [2.75, 3.05) is 10.0 Å². The van der Waals surface area contributed by atoms with Gasteiger partial charge < -0.3 is 9.88 Å². The number of carbonyl (C=O) groups excluding carboxylic acids is 1. The molecule has 1 amide bonds. The Morgan fingerprint density at radius 1 is 1.25 bits per heavy atom. The molecule has 0 saturated carbocycles. The first kappa shape index (κ1) is 16.5. The van der Waals surface area contributed by atoms with Gasteiger partial charge in [-0.25, -0.2) is 0 Å². The molecule has 0 fully saturated rings. The van der Waals surface area contributed by atoms with E-state index >= 15 is 0 Å². The molecule has 0 radical (unpaired) electrons. The number of benzene rings is 1. The molecular weight excluding hydrogens is 374 g/mol. The smallest absolute Gasteiger partial charge is 0.302 e. The third-order valence-corrected chi connectivity index (χ3v) is 6.55. The quantitative estimate of drug-likeness (QED) is 0.651. The van der Waals surface area contributed by atoms with E-state index in [1.165, 1.54) is 11.5 Å². The van der Waals surface area contributed by atoms with E-state index in [1.54, 1.807) is 25.2 Å². The highest BCUT2D eigenvalue weighted by atomic mass is 32.2. The van der Waals surface area contributed by atoms with E-state index in [0.717, 1.165) is 28.2 Å². The third-order valence-electron chi connectivity index (χ3n) is 2.96. The number of aromatic nitrogens is 3. The van der Waals surface area contributed by atoms with Gasteiger partial charge in [0.15, 0.2) is 0 Å². The van der Waals surface area contributed by atoms with Crippen molar-refractivity contribution in [1.82, 2.24) is 14.8 Å². The lowest BCUT2D eigenvalue weighted by molar-refractivity contribution is -0.114. The number of hydrogen-bond acceptors (Lipinski definition) is 8. The fourth-order valence-corrected chi connectivity index (χ4v) is 4.83. The summed E-state index contributed by atoms with van der Waals surface area (Å²) in [7, 11) is -2.29. The van der Waals surface area contributed by atoms with E-state index in [-0.39, 0.29) is 20.3 Å². The molecule has 9 nitrogen and oxygen atoms in total. The van der Waals surface area contributed by atoms with Gasteiger partial charge in [-0.15, -0.1) is 10.2 Å². The number of carbonyl (C=O) groups is 1. The average Bonchev–Trinajstić information content (AvgIpc) is 3.04. The zero-order valence-corrected chi connectivity index (χ0v) is 14.9. The minimum atomic E-state index is -3.94. The molecule has 2 aromatic heterocycles. The molecule has 0 atom stereocenters. The van der Waals surface area contributed by atoms with Gasteiger partial charge in [0.05, 0.1) is 15.9 Å². The van der Waals surface area contributed by atoms with Crippen molar-refractivity contribution in [3.05, 3.63) is 27.9 Å². The van der Waals surface area contributed by atoms with Crippen molar-refractivity contribution < 1.29 is 13.2 Å². The first-order valence-electron chi connectivity index (χ1n) is 6.50. The van der Waals surface area contributed by atoms with Crippen LogP contribution in [0.2, 0.25) is 0 Å². The fourth-order valence-electron chi connectivity index (χ4n) is 1.92. The topological polar surface area (TPSA) is 123 Å². The molecule has 126 valence electrons. The van der Waals surface area contributed by atoms with Gasteiger partial charge >= 0.3 is 4.87 Å². The van der Waals surface area contributed by atoms with Crippen molar-refractivity contribution >= 4 is 59.6 Å². The fraction of sp³-hybridized carbons (Fsp3) is 0.167. The van der Waals surface area contributed by atoms with Gasteiger partial charge in [-0.2, -0.15) is 8.42 Å². The standard InChI is InChI=1S/C12H11N5O4S3/c1-6(18)13-10-14-15-11(23-10)24(20,21)16-7-3-4-8-9(5-7)22-12(19)17(8)2/h3-5,16H,1-2H3,(H,13,14,18). The predicted octanol–water partition coefficient (Wildman–Crippen LogP) is 1.21. The van der Waals surface area contributed by atoms with E-state index in [0.29, 0.717) is 10.4 Å². The van der Waals surface area contributed by atoms with E-state index in [4.69, 9.17) is 0 Å². The molecule has 3 aromatic rings. The first-order valence-corrected chi connectivity index (χ1v) is 9.61. The van der Waals surface area contributed by atoms with Crippen molar-refractivity contribution in [2.45, 2.75) is 11.3 Å². The van der Waals surface area contributed by atoms with Gasteiger partial charge in [-0.1, -0.05) is 22.7 Å². The second kappa shape index (κ2) is 5.96. The molecule has 0 saturated heterocycles. The summed E-state index contributed by atoms with van der Waals surface area (Å²) in [4.78, 5) is 22.5. The lowest BCUT2D eigenvalue weighted by atomic mass is 10.3. The SMILES string of the molecule is CC(=O)Nc1nnc(S(=O)(=O)Nc2ccc3c(c2)sc(=O)n3C)s1. The van der Waals surface area contributed by atoms with Gasteiger partial charge in [0.1, 0.15) is 0 Å². The maximum atomic E-state index is 12.3. The molecule has 2 N–H and O–H groups in total. The van der Waals surface area contributed by atoms with Crippen LogP contribution in [0, 0.1) is 0 Å². The highest BCUT2D eigenvalue weighted by molar-refractivity contribution is 7.94. The minimum absolute atomic E-state index is 0.0969. The van der Waals surface area contributed by atoms with Crippen molar-refractivity contribution in [1.29, 1.82) is 0 Å². The van der Waals surface area contributed by atoms with Crippen LogP contribution in [-0.4, -0.2) is 29.1 Å². The third kappa shape index (κ3) is 3.16. The number of anilines is 2. The Balaban J connectivity index is 1.90. The summed E-state index contributed by atoms with van der Waals surface area (Å²) in [6.07, 6.45) is 0. The average molecular weight is 385 g/mol. The second-order valence-corrected chi connectivity index (χ2v) is 8.60. The van der Waals surface area contributed by atoms with Gasteiger partial charge in [0.2, 0.25) is 11.0 Å². The number of nitrogens with one attached hydrogen (secondary N) is 2. The maximum Gasteiger partial charge on any atom is 0.307 e. The maximum absolute atomic E-state index is 12.3. The summed E-state index contributed by atoms with van der Waals surface area (Å²) in [5.74, 6) is -0.368. The van der Waals surface area contributed by atoms with Crippen LogP contribution in [0.1, 0.15) is 6.92 Å². The number of aryl methyl sites for hydroxylation is 1. The van der Waals surface area contributed by atoms with Gasteiger partial charge in [0.25, 0.3) is 14.4 Å². The lowest BCUT2D eigenvalue weighted by Crippen LogP contribution is -2.12. The number of thiazole rings is 1.